The van der Waals surface area contributed by atoms with Crippen LogP contribution in [0, 0.1) is 5.82 Å². The highest BCUT2D eigenvalue weighted by atomic mass is 19.1. The van der Waals surface area contributed by atoms with Gasteiger partial charge < -0.3 is 20.1 Å². The topological polar surface area (TPSA) is 76.7 Å². The third-order valence-electron chi connectivity index (χ3n) is 3.47. The molecule has 0 aromatic heterocycles. The summed E-state index contributed by atoms with van der Waals surface area (Å²) in [6, 6.07) is 13.8. The van der Waals surface area contributed by atoms with E-state index in [4.69, 9.17) is 9.47 Å². The number of rotatable bonds is 9. The predicted octanol–water partition coefficient (Wildman–Crippen LogP) is 4.86. The van der Waals surface area contributed by atoms with Crippen LogP contribution in [-0.4, -0.2) is 32.1 Å². The Morgan fingerprint density at radius 2 is 1.69 bits per heavy atom. The summed E-state index contributed by atoms with van der Waals surface area (Å²) in [6.45, 7) is 12.8. The lowest BCUT2D eigenvalue weighted by molar-refractivity contribution is -0.119. The van der Waals surface area contributed by atoms with Crippen LogP contribution in [0.2, 0.25) is 0 Å². The van der Waals surface area contributed by atoms with Gasteiger partial charge in [0, 0.05) is 26.6 Å². The number of amides is 2. The first-order valence-corrected chi connectivity index (χ1v) is 10.8. The van der Waals surface area contributed by atoms with E-state index < -0.39 is 0 Å². The molecule has 0 bridgehead atoms. The van der Waals surface area contributed by atoms with Gasteiger partial charge in [0.25, 0.3) is 0 Å². The van der Waals surface area contributed by atoms with Gasteiger partial charge in [-0.2, -0.15) is 0 Å². The van der Waals surface area contributed by atoms with Crippen molar-refractivity contribution in [3.8, 4) is 5.75 Å². The molecule has 1 unspecified atom stereocenters. The second-order valence-electron chi connectivity index (χ2n) is 6.12. The maximum absolute atomic E-state index is 13.0. The molecule has 0 aliphatic heterocycles. The van der Waals surface area contributed by atoms with Crippen LogP contribution in [0.15, 0.2) is 48.5 Å². The molecule has 2 aromatic carbocycles. The van der Waals surface area contributed by atoms with Gasteiger partial charge in [0.2, 0.25) is 12.3 Å². The van der Waals surface area contributed by atoms with Crippen LogP contribution in [0.25, 0.3) is 0 Å². The smallest absolute Gasteiger partial charge is 0.217 e. The number of benzene rings is 2. The summed E-state index contributed by atoms with van der Waals surface area (Å²) in [7, 11) is 1.61. The molecule has 0 fully saturated rings. The first kappa shape index (κ1) is 31.3. The molecule has 0 radical (unpaired) electrons. The van der Waals surface area contributed by atoms with E-state index in [0.717, 1.165) is 11.1 Å². The molecule has 1 atom stereocenters. The standard InChI is InChI=1S/C15H14FNO2.C6H13NO2.2C2H6/c16-14-3-1-2-13(8-14)10-19-15-6-4-12(5-7-15)9-17-11-18;1-5(4-9-3)7-6(2)8;2*1-2/h1-8,11H,9-10H2,(H,17,18);5H,4H2,1-3H3,(H,7,8);2*1-2H3. The third kappa shape index (κ3) is 16.8. The molecule has 6 nitrogen and oxygen atoms in total. The zero-order chi connectivity index (χ0) is 24.8. The van der Waals surface area contributed by atoms with Crippen LogP contribution in [-0.2, 0) is 27.5 Å². The second kappa shape index (κ2) is 21.3. The van der Waals surface area contributed by atoms with Crippen molar-refractivity contribution in [3.05, 3.63) is 65.5 Å². The van der Waals surface area contributed by atoms with Crippen LogP contribution in [0.3, 0.4) is 0 Å². The fraction of sp³-hybridized carbons (Fsp3) is 0.440. The van der Waals surface area contributed by atoms with Gasteiger partial charge in [0.15, 0.2) is 0 Å². The van der Waals surface area contributed by atoms with E-state index in [1.807, 2.05) is 65.0 Å². The van der Waals surface area contributed by atoms with E-state index in [2.05, 4.69) is 10.6 Å². The molecule has 180 valence electrons. The Bertz CT molecular complexity index is 724. The summed E-state index contributed by atoms with van der Waals surface area (Å²) in [4.78, 5) is 20.5. The van der Waals surface area contributed by atoms with Gasteiger partial charge in [-0.25, -0.2) is 4.39 Å². The highest BCUT2D eigenvalue weighted by Gasteiger charge is 2.00. The molecule has 0 aliphatic rings. The normalized spacial score (nSPS) is 9.88. The van der Waals surface area contributed by atoms with Crippen molar-refractivity contribution in [3.63, 3.8) is 0 Å². The molecular weight excluding hydrogens is 411 g/mol. The first-order valence-electron chi connectivity index (χ1n) is 10.8. The largest absolute Gasteiger partial charge is 0.489 e. The predicted molar refractivity (Wildman–Crippen MR) is 128 cm³/mol. The molecule has 32 heavy (non-hydrogen) atoms. The Balaban J connectivity index is 0. The second-order valence-corrected chi connectivity index (χ2v) is 6.12. The molecule has 0 heterocycles. The Morgan fingerprint density at radius 1 is 1.06 bits per heavy atom. The van der Waals surface area contributed by atoms with Gasteiger partial charge in [-0.1, -0.05) is 52.0 Å². The van der Waals surface area contributed by atoms with E-state index in [1.165, 1.54) is 19.1 Å². The first-order chi connectivity index (χ1) is 15.4. The van der Waals surface area contributed by atoms with Crippen LogP contribution < -0.4 is 15.4 Å². The van der Waals surface area contributed by atoms with E-state index in [0.29, 0.717) is 31.9 Å². The van der Waals surface area contributed by atoms with E-state index in [-0.39, 0.29) is 17.8 Å². The van der Waals surface area contributed by atoms with Gasteiger partial charge in [0.1, 0.15) is 18.2 Å². The van der Waals surface area contributed by atoms with Crippen molar-refractivity contribution in [1.82, 2.24) is 10.6 Å². The van der Waals surface area contributed by atoms with Crippen molar-refractivity contribution in [2.75, 3.05) is 13.7 Å². The van der Waals surface area contributed by atoms with Crippen molar-refractivity contribution >= 4 is 12.3 Å². The Kier molecular flexibility index (Phi) is 20.8. The number of carbonyl (C=O) groups excluding carboxylic acids is 2. The maximum atomic E-state index is 13.0. The molecule has 2 aromatic rings. The number of nitrogens with one attached hydrogen (secondary N) is 2. The van der Waals surface area contributed by atoms with Crippen molar-refractivity contribution in [2.24, 2.45) is 0 Å². The number of ether oxygens (including phenoxy) is 2. The van der Waals surface area contributed by atoms with E-state index >= 15 is 0 Å². The molecule has 7 heteroatoms. The Hall–Kier alpha value is -2.93. The fourth-order valence-corrected chi connectivity index (χ4v) is 2.30. The van der Waals surface area contributed by atoms with Crippen LogP contribution in [0.1, 0.15) is 52.7 Å². The fourth-order valence-electron chi connectivity index (χ4n) is 2.30. The minimum absolute atomic E-state index is 0.0143. The SMILES string of the molecule is CC.CC.COCC(C)NC(C)=O.O=CNCc1ccc(OCc2cccc(F)c2)cc1. The number of hydrogen-bond acceptors (Lipinski definition) is 4. The molecule has 0 spiro atoms. The molecule has 0 aliphatic carbocycles. The number of hydrogen-bond donors (Lipinski definition) is 2. The molecule has 2 N–H and O–H groups in total. The van der Waals surface area contributed by atoms with Crippen molar-refractivity contribution in [1.29, 1.82) is 0 Å². The van der Waals surface area contributed by atoms with Gasteiger partial charge in [-0.05, 0) is 42.3 Å². The van der Waals surface area contributed by atoms with Gasteiger partial charge >= 0.3 is 0 Å². The Labute approximate surface area is 192 Å². The lowest BCUT2D eigenvalue weighted by atomic mass is 10.2. The van der Waals surface area contributed by atoms with Crippen molar-refractivity contribution in [2.45, 2.75) is 60.7 Å². The third-order valence-corrected chi connectivity index (χ3v) is 3.47. The monoisotopic (exact) mass is 450 g/mol. The van der Waals surface area contributed by atoms with Crippen LogP contribution >= 0.6 is 0 Å². The van der Waals surface area contributed by atoms with E-state index in [9.17, 15) is 14.0 Å². The summed E-state index contributed by atoms with van der Waals surface area (Å²) in [5.41, 5.74) is 1.77. The number of carbonyl (C=O) groups is 2. The lowest BCUT2D eigenvalue weighted by Gasteiger charge is -2.09. The molecular formula is C25H39FN2O4. The summed E-state index contributed by atoms with van der Waals surface area (Å²) in [5, 5.41) is 5.26. The van der Waals surface area contributed by atoms with Gasteiger partial charge in [0.05, 0.1) is 6.61 Å². The summed E-state index contributed by atoms with van der Waals surface area (Å²) >= 11 is 0. The van der Waals surface area contributed by atoms with Gasteiger partial charge in [-0.3, -0.25) is 9.59 Å². The average Bonchev–Trinajstić information content (AvgIpc) is 2.80. The quantitative estimate of drug-likeness (QED) is 0.535. The maximum Gasteiger partial charge on any atom is 0.217 e. The zero-order valence-corrected chi connectivity index (χ0v) is 20.4. The minimum atomic E-state index is -0.267. The summed E-state index contributed by atoms with van der Waals surface area (Å²) in [5.74, 6) is 0.426. The summed E-state index contributed by atoms with van der Waals surface area (Å²) in [6.07, 6.45) is 0.661. The van der Waals surface area contributed by atoms with Crippen molar-refractivity contribution < 1.29 is 23.5 Å². The molecule has 0 saturated carbocycles. The van der Waals surface area contributed by atoms with Crippen LogP contribution in [0.4, 0.5) is 4.39 Å². The highest BCUT2D eigenvalue weighted by molar-refractivity contribution is 5.73. The highest BCUT2D eigenvalue weighted by Crippen LogP contribution is 2.14. The number of halogens is 1. The molecule has 2 amide bonds. The molecule has 0 saturated heterocycles. The zero-order valence-electron chi connectivity index (χ0n) is 20.4. The average molecular weight is 451 g/mol. The number of methoxy groups -OCH3 is 1. The Morgan fingerprint density at radius 3 is 2.19 bits per heavy atom. The van der Waals surface area contributed by atoms with Crippen LogP contribution in [0.5, 0.6) is 5.75 Å². The van der Waals surface area contributed by atoms with Gasteiger partial charge in [-0.15, -0.1) is 0 Å². The molecule has 2 rings (SSSR count). The lowest BCUT2D eigenvalue weighted by Crippen LogP contribution is -2.33. The minimum Gasteiger partial charge on any atom is -0.489 e. The van der Waals surface area contributed by atoms with E-state index in [1.54, 1.807) is 13.2 Å². The summed E-state index contributed by atoms with van der Waals surface area (Å²) < 4.78 is 23.3.